The first kappa shape index (κ1) is 16.7. The lowest BCUT2D eigenvalue weighted by Crippen LogP contribution is -2.31. The molecule has 1 amide bonds. The quantitative estimate of drug-likeness (QED) is 0.834. The number of esters is 1. The van der Waals surface area contributed by atoms with Crippen molar-refractivity contribution in [3.8, 4) is 0 Å². The molecule has 2 aromatic rings. The Labute approximate surface area is 134 Å². The number of hydrogen-bond acceptors (Lipinski definition) is 3. The molecular formula is C18H18FNO3. The number of amides is 1. The summed E-state index contributed by atoms with van der Waals surface area (Å²) in [6.07, 6.45) is 0.0810. The predicted molar refractivity (Wildman–Crippen MR) is 84.1 cm³/mol. The summed E-state index contributed by atoms with van der Waals surface area (Å²) >= 11 is 0. The van der Waals surface area contributed by atoms with Crippen molar-refractivity contribution in [1.29, 1.82) is 0 Å². The lowest BCUT2D eigenvalue weighted by Gasteiger charge is -2.18. The van der Waals surface area contributed by atoms with E-state index in [-0.39, 0.29) is 24.6 Å². The van der Waals surface area contributed by atoms with Crippen molar-refractivity contribution in [2.24, 2.45) is 0 Å². The Morgan fingerprint density at radius 1 is 1.13 bits per heavy atom. The average Bonchev–Trinajstić information content (AvgIpc) is 2.55. The van der Waals surface area contributed by atoms with Crippen LogP contribution in [0.25, 0.3) is 0 Å². The summed E-state index contributed by atoms with van der Waals surface area (Å²) < 4.78 is 17.8. The molecule has 5 heteroatoms. The predicted octanol–water partition coefficient (Wildman–Crippen LogP) is 2.79. The first-order valence-corrected chi connectivity index (χ1v) is 7.24. The van der Waals surface area contributed by atoms with Gasteiger partial charge >= 0.3 is 5.97 Å². The minimum Gasteiger partial charge on any atom is -0.469 e. The fourth-order valence-electron chi connectivity index (χ4n) is 2.27. The summed E-state index contributed by atoms with van der Waals surface area (Å²) in [5.74, 6) is -1.08. The first-order valence-electron chi connectivity index (χ1n) is 7.24. The summed E-state index contributed by atoms with van der Waals surface area (Å²) in [4.78, 5) is 23.7. The van der Waals surface area contributed by atoms with Crippen molar-refractivity contribution < 1.29 is 18.7 Å². The van der Waals surface area contributed by atoms with Gasteiger partial charge in [-0.15, -0.1) is 0 Å². The van der Waals surface area contributed by atoms with E-state index < -0.39 is 12.0 Å². The van der Waals surface area contributed by atoms with Gasteiger partial charge < -0.3 is 10.1 Å². The molecule has 0 radical (unpaired) electrons. The van der Waals surface area contributed by atoms with Crippen LogP contribution >= 0.6 is 0 Å². The molecule has 0 spiro atoms. The zero-order valence-electron chi connectivity index (χ0n) is 12.8. The van der Waals surface area contributed by atoms with Gasteiger partial charge in [-0.1, -0.05) is 42.5 Å². The topological polar surface area (TPSA) is 55.4 Å². The Morgan fingerprint density at radius 3 is 2.52 bits per heavy atom. The van der Waals surface area contributed by atoms with Crippen LogP contribution in [-0.4, -0.2) is 19.0 Å². The molecule has 2 aromatic carbocycles. The summed E-state index contributed by atoms with van der Waals surface area (Å²) in [5.41, 5.74) is 1.39. The van der Waals surface area contributed by atoms with Gasteiger partial charge in [-0.05, 0) is 23.3 Å². The lowest BCUT2D eigenvalue weighted by molar-refractivity contribution is -0.141. The van der Waals surface area contributed by atoms with E-state index in [0.29, 0.717) is 5.56 Å². The van der Waals surface area contributed by atoms with Crippen molar-refractivity contribution in [2.45, 2.75) is 18.9 Å². The number of nitrogens with one attached hydrogen (secondary N) is 1. The van der Waals surface area contributed by atoms with E-state index in [9.17, 15) is 14.0 Å². The standard InChI is InChI=1S/C18H18FNO3/c1-23-18(22)12-16(14-7-3-2-4-8-14)20-17(21)11-13-6-5-9-15(19)10-13/h2-10,16H,11-12H2,1H3,(H,20,21)/t16-/m1/s1. The number of benzene rings is 2. The average molecular weight is 315 g/mol. The summed E-state index contributed by atoms with van der Waals surface area (Å²) in [6, 6.07) is 14.6. The Bertz CT molecular complexity index is 673. The lowest BCUT2D eigenvalue weighted by atomic mass is 10.0. The van der Waals surface area contributed by atoms with E-state index >= 15 is 0 Å². The minimum atomic E-state index is -0.482. The number of halogens is 1. The highest BCUT2D eigenvalue weighted by Gasteiger charge is 2.18. The van der Waals surface area contributed by atoms with E-state index in [0.717, 1.165) is 5.56 Å². The zero-order chi connectivity index (χ0) is 16.7. The molecule has 0 aliphatic carbocycles. The van der Waals surface area contributed by atoms with Crippen molar-refractivity contribution in [1.82, 2.24) is 5.32 Å². The third-order valence-corrected chi connectivity index (χ3v) is 3.39. The zero-order valence-corrected chi connectivity index (χ0v) is 12.8. The van der Waals surface area contributed by atoms with Crippen LogP contribution in [0.15, 0.2) is 54.6 Å². The van der Waals surface area contributed by atoms with Gasteiger partial charge in [-0.2, -0.15) is 0 Å². The number of methoxy groups -OCH3 is 1. The highest BCUT2D eigenvalue weighted by Crippen LogP contribution is 2.17. The van der Waals surface area contributed by atoms with E-state index in [1.807, 2.05) is 30.3 Å². The molecule has 0 aliphatic rings. The van der Waals surface area contributed by atoms with E-state index in [2.05, 4.69) is 10.1 Å². The van der Waals surface area contributed by atoms with E-state index in [1.165, 1.54) is 19.2 Å². The van der Waals surface area contributed by atoms with Crippen molar-refractivity contribution in [3.05, 3.63) is 71.5 Å². The Morgan fingerprint density at radius 2 is 1.87 bits per heavy atom. The third kappa shape index (κ3) is 5.21. The van der Waals surface area contributed by atoms with Gasteiger partial charge in [0, 0.05) is 0 Å². The highest BCUT2D eigenvalue weighted by molar-refractivity contribution is 5.80. The van der Waals surface area contributed by atoms with Gasteiger partial charge in [0.2, 0.25) is 5.91 Å². The largest absolute Gasteiger partial charge is 0.469 e. The second-order valence-electron chi connectivity index (χ2n) is 5.12. The molecule has 2 rings (SSSR count). The number of hydrogen-bond donors (Lipinski definition) is 1. The molecule has 120 valence electrons. The minimum absolute atomic E-state index is 0.0371. The summed E-state index contributed by atoms with van der Waals surface area (Å²) in [6.45, 7) is 0. The van der Waals surface area contributed by atoms with Crippen LogP contribution in [0.2, 0.25) is 0 Å². The molecule has 23 heavy (non-hydrogen) atoms. The van der Waals surface area contributed by atoms with Crippen LogP contribution < -0.4 is 5.32 Å². The Hall–Kier alpha value is -2.69. The Kier molecular flexibility index (Phi) is 5.86. The molecule has 0 saturated heterocycles. The fraction of sp³-hybridized carbons (Fsp3) is 0.222. The summed E-state index contributed by atoms with van der Waals surface area (Å²) in [7, 11) is 1.30. The molecule has 0 saturated carbocycles. The SMILES string of the molecule is COC(=O)C[C@@H](NC(=O)Cc1cccc(F)c1)c1ccccc1. The molecule has 0 fully saturated rings. The van der Waals surface area contributed by atoms with Gasteiger partial charge in [0.05, 0.1) is 26.0 Å². The van der Waals surface area contributed by atoms with E-state index in [4.69, 9.17) is 0 Å². The Balaban J connectivity index is 2.07. The maximum Gasteiger partial charge on any atom is 0.307 e. The van der Waals surface area contributed by atoms with Crippen LogP contribution in [0, 0.1) is 5.82 Å². The maximum atomic E-state index is 13.2. The monoisotopic (exact) mass is 315 g/mol. The van der Waals surface area contributed by atoms with Gasteiger partial charge in [0.25, 0.3) is 0 Å². The van der Waals surface area contributed by atoms with Crippen molar-refractivity contribution >= 4 is 11.9 Å². The normalized spacial score (nSPS) is 11.6. The van der Waals surface area contributed by atoms with Gasteiger partial charge in [-0.25, -0.2) is 4.39 Å². The number of rotatable bonds is 6. The fourth-order valence-corrected chi connectivity index (χ4v) is 2.27. The van der Waals surface area contributed by atoms with Crippen molar-refractivity contribution in [3.63, 3.8) is 0 Å². The number of carbonyl (C=O) groups excluding carboxylic acids is 2. The molecule has 0 aromatic heterocycles. The molecule has 0 heterocycles. The third-order valence-electron chi connectivity index (χ3n) is 3.39. The maximum absolute atomic E-state index is 13.2. The molecular weight excluding hydrogens is 297 g/mol. The first-order chi connectivity index (χ1) is 11.1. The van der Waals surface area contributed by atoms with Gasteiger partial charge in [-0.3, -0.25) is 9.59 Å². The van der Waals surface area contributed by atoms with Gasteiger partial charge in [0.15, 0.2) is 0 Å². The summed E-state index contributed by atoms with van der Waals surface area (Å²) in [5, 5.41) is 2.80. The smallest absolute Gasteiger partial charge is 0.307 e. The van der Waals surface area contributed by atoms with Crippen LogP contribution in [-0.2, 0) is 20.7 Å². The molecule has 1 atom stereocenters. The number of ether oxygens (including phenoxy) is 1. The molecule has 0 unspecified atom stereocenters. The van der Waals surface area contributed by atoms with Crippen LogP contribution in [0.1, 0.15) is 23.6 Å². The second-order valence-corrected chi connectivity index (χ2v) is 5.12. The van der Waals surface area contributed by atoms with Crippen molar-refractivity contribution in [2.75, 3.05) is 7.11 Å². The van der Waals surface area contributed by atoms with Crippen LogP contribution in [0.3, 0.4) is 0 Å². The van der Waals surface area contributed by atoms with Gasteiger partial charge in [0.1, 0.15) is 5.82 Å². The second kappa shape index (κ2) is 8.08. The molecule has 0 aliphatic heterocycles. The molecule has 4 nitrogen and oxygen atoms in total. The highest BCUT2D eigenvalue weighted by atomic mass is 19.1. The van der Waals surface area contributed by atoms with Crippen LogP contribution in [0.4, 0.5) is 4.39 Å². The molecule has 0 bridgehead atoms. The molecule has 1 N–H and O–H groups in total. The van der Waals surface area contributed by atoms with E-state index in [1.54, 1.807) is 12.1 Å². The number of carbonyl (C=O) groups is 2. The van der Waals surface area contributed by atoms with Crippen LogP contribution in [0.5, 0.6) is 0 Å².